The number of hydrazone groups is 2. The normalized spacial score (nSPS) is 14.4. The molecule has 4 aromatic rings. The SMILES string of the molecule is CC1=NN(c2ccc(C)c(C)c2)C(=O)C1=NNc1cc(Cl)cc(-c2ccc(-c3nnn[nH]3)cc2)c1O. The van der Waals surface area contributed by atoms with Gasteiger partial charge in [-0.05, 0) is 72.2 Å². The first-order valence-corrected chi connectivity index (χ1v) is 11.4. The molecular weight excluding hydrogens is 480 g/mol. The Morgan fingerprint density at radius 1 is 1.00 bits per heavy atom. The lowest BCUT2D eigenvalue weighted by Gasteiger charge is -2.13. The number of amides is 1. The number of aromatic amines is 1. The number of halogens is 1. The summed E-state index contributed by atoms with van der Waals surface area (Å²) < 4.78 is 0. The molecule has 0 aliphatic carbocycles. The molecule has 3 aromatic carbocycles. The molecule has 0 saturated heterocycles. The fourth-order valence-corrected chi connectivity index (χ4v) is 3.99. The zero-order valence-electron chi connectivity index (χ0n) is 19.6. The first-order chi connectivity index (χ1) is 17.3. The highest BCUT2D eigenvalue weighted by Gasteiger charge is 2.31. The van der Waals surface area contributed by atoms with Crippen molar-refractivity contribution in [3.05, 3.63) is 70.7 Å². The Morgan fingerprint density at radius 2 is 1.75 bits per heavy atom. The molecule has 2 heterocycles. The fraction of sp³-hybridized carbons (Fsp3) is 0.120. The molecule has 11 heteroatoms. The summed E-state index contributed by atoms with van der Waals surface area (Å²) >= 11 is 6.34. The summed E-state index contributed by atoms with van der Waals surface area (Å²) in [7, 11) is 0. The van der Waals surface area contributed by atoms with E-state index in [0.717, 1.165) is 22.3 Å². The Kier molecular flexibility index (Phi) is 5.95. The van der Waals surface area contributed by atoms with Crippen molar-refractivity contribution in [2.24, 2.45) is 10.2 Å². The van der Waals surface area contributed by atoms with Crippen molar-refractivity contribution in [1.29, 1.82) is 0 Å². The van der Waals surface area contributed by atoms with Crippen LogP contribution in [-0.2, 0) is 4.79 Å². The molecule has 1 amide bonds. The zero-order valence-corrected chi connectivity index (χ0v) is 20.4. The van der Waals surface area contributed by atoms with Gasteiger partial charge in [0, 0.05) is 16.1 Å². The Hall–Kier alpha value is -4.57. The minimum atomic E-state index is -0.373. The standard InChI is InChI=1S/C25H21ClN8O2/c1-13-4-9-19(10-14(13)2)34-25(36)22(15(3)31-34)28-27-21-12-18(26)11-20(23(21)35)16-5-7-17(8-6-16)24-29-32-33-30-24/h4-12,27,35H,1-3H3,(H,29,30,32,33). The van der Waals surface area contributed by atoms with Crippen molar-refractivity contribution in [3.63, 3.8) is 0 Å². The van der Waals surface area contributed by atoms with Crippen LogP contribution < -0.4 is 10.4 Å². The molecule has 1 aliphatic rings. The molecule has 0 bridgehead atoms. The van der Waals surface area contributed by atoms with Gasteiger partial charge in [-0.25, -0.2) is 5.10 Å². The highest BCUT2D eigenvalue weighted by Crippen LogP contribution is 2.39. The lowest BCUT2D eigenvalue weighted by Crippen LogP contribution is -2.28. The Labute approximate surface area is 211 Å². The van der Waals surface area contributed by atoms with E-state index in [0.29, 0.717) is 27.8 Å². The highest BCUT2D eigenvalue weighted by atomic mass is 35.5. The number of phenols is 1. The van der Waals surface area contributed by atoms with E-state index in [4.69, 9.17) is 11.6 Å². The maximum Gasteiger partial charge on any atom is 0.301 e. The van der Waals surface area contributed by atoms with Crippen LogP contribution >= 0.6 is 11.6 Å². The molecule has 0 radical (unpaired) electrons. The highest BCUT2D eigenvalue weighted by molar-refractivity contribution is 6.71. The first kappa shape index (κ1) is 23.2. The van der Waals surface area contributed by atoms with Gasteiger partial charge in [0.1, 0.15) is 11.4 Å². The van der Waals surface area contributed by atoms with Crippen molar-refractivity contribution in [2.45, 2.75) is 20.8 Å². The van der Waals surface area contributed by atoms with E-state index in [2.05, 4.69) is 36.3 Å². The quantitative estimate of drug-likeness (QED) is 0.269. The molecule has 0 atom stereocenters. The monoisotopic (exact) mass is 500 g/mol. The van der Waals surface area contributed by atoms with E-state index < -0.39 is 0 Å². The van der Waals surface area contributed by atoms with Crippen LogP contribution in [-0.4, -0.2) is 43.1 Å². The van der Waals surface area contributed by atoms with Crippen molar-refractivity contribution in [1.82, 2.24) is 20.6 Å². The van der Waals surface area contributed by atoms with Gasteiger partial charge in [-0.3, -0.25) is 10.2 Å². The number of nitrogens with zero attached hydrogens (tertiary/aromatic N) is 6. The molecular formula is C25H21ClN8O2. The number of aryl methyl sites for hydroxylation is 2. The average Bonchev–Trinajstić information content (AvgIpc) is 3.50. The Morgan fingerprint density at radius 3 is 2.44 bits per heavy atom. The Bertz CT molecular complexity index is 1530. The van der Waals surface area contributed by atoms with Crippen LogP contribution in [0, 0.1) is 13.8 Å². The summed E-state index contributed by atoms with van der Waals surface area (Å²) in [6, 6.07) is 16.1. The van der Waals surface area contributed by atoms with Crippen molar-refractivity contribution >= 4 is 40.3 Å². The topological polar surface area (TPSA) is 132 Å². The maximum atomic E-state index is 13.0. The summed E-state index contributed by atoms with van der Waals surface area (Å²) in [6.45, 7) is 5.68. The van der Waals surface area contributed by atoms with Gasteiger partial charge in [0.25, 0.3) is 0 Å². The van der Waals surface area contributed by atoms with Gasteiger partial charge in [0.05, 0.1) is 11.4 Å². The van der Waals surface area contributed by atoms with E-state index in [-0.39, 0.29) is 23.1 Å². The second kappa shape index (κ2) is 9.23. The first-order valence-electron chi connectivity index (χ1n) is 11.0. The molecule has 180 valence electrons. The van der Waals surface area contributed by atoms with Crippen LogP contribution in [0.2, 0.25) is 5.02 Å². The summed E-state index contributed by atoms with van der Waals surface area (Å²) in [4.78, 5) is 13.0. The molecule has 0 unspecified atom stereocenters. The number of hydrogen-bond donors (Lipinski definition) is 3. The minimum Gasteiger partial charge on any atom is -0.505 e. The van der Waals surface area contributed by atoms with Crippen LogP contribution in [0.25, 0.3) is 22.5 Å². The van der Waals surface area contributed by atoms with Crippen molar-refractivity contribution < 1.29 is 9.90 Å². The number of anilines is 2. The summed E-state index contributed by atoms with van der Waals surface area (Å²) in [5.41, 5.74) is 8.46. The van der Waals surface area contributed by atoms with Gasteiger partial charge in [-0.2, -0.15) is 15.2 Å². The van der Waals surface area contributed by atoms with E-state index in [1.165, 1.54) is 11.1 Å². The van der Waals surface area contributed by atoms with Crippen LogP contribution in [0.3, 0.4) is 0 Å². The lowest BCUT2D eigenvalue weighted by atomic mass is 10.0. The second-order valence-corrected chi connectivity index (χ2v) is 8.76. The third-order valence-electron chi connectivity index (χ3n) is 5.90. The zero-order chi connectivity index (χ0) is 25.4. The smallest absolute Gasteiger partial charge is 0.301 e. The van der Waals surface area contributed by atoms with Crippen LogP contribution in [0.4, 0.5) is 11.4 Å². The number of carbonyl (C=O) groups is 1. The second-order valence-electron chi connectivity index (χ2n) is 8.32. The van der Waals surface area contributed by atoms with E-state index in [9.17, 15) is 9.90 Å². The number of carbonyl (C=O) groups excluding carboxylic acids is 1. The van der Waals surface area contributed by atoms with Gasteiger partial charge in [-0.1, -0.05) is 41.9 Å². The molecule has 0 saturated carbocycles. The molecule has 5 rings (SSSR count). The number of rotatable bonds is 5. The number of aromatic nitrogens is 4. The third-order valence-corrected chi connectivity index (χ3v) is 6.12. The van der Waals surface area contributed by atoms with Crippen LogP contribution in [0.1, 0.15) is 18.1 Å². The lowest BCUT2D eigenvalue weighted by molar-refractivity contribution is -0.112. The molecule has 0 spiro atoms. The number of nitrogens with one attached hydrogen (secondary N) is 2. The summed E-state index contributed by atoms with van der Waals surface area (Å²) in [6.07, 6.45) is 0. The maximum absolute atomic E-state index is 13.0. The third kappa shape index (κ3) is 4.29. The van der Waals surface area contributed by atoms with Gasteiger partial charge < -0.3 is 5.11 Å². The number of H-pyrrole nitrogens is 1. The number of tetrazole rings is 1. The van der Waals surface area contributed by atoms with Gasteiger partial charge >= 0.3 is 5.91 Å². The molecule has 36 heavy (non-hydrogen) atoms. The fourth-order valence-electron chi connectivity index (χ4n) is 3.77. The van der Waals surface area contributed by atoms with Crippen LogP contribution in [0.5, 0.6) is 5.75 Å². The number of phenolic OH excluding ortho intramolecular Hbond substituents is 1. The predicted molar refractivity (Wildman–Crippen MR) is 139 cm³/mol. The Balaban J connectivity index is 1.41. The van der Waals surface area contributed by atoms with E-state index in [1.54, 1.807) is 13.0 Å². The number of benzene rings is 3. The number of hydrogen-bond acceptors (Lipinski definition) is 8. The molecule has 1 aliphatic heterocycles. The van der Waals surface area contributed by atoms with Crippen LogP contribution in [0.15, 0.2) is 64.8 Å². The van der Waals surface area contributed by atoms with Crippen molar-refractivity contribution in [2.75, 3.05) is 10.4 Å². The molecule has 3 N–H and O–H groups in total. The summed E-state index contributed by atoms with van der Waals surface area (Å²) in [5.74, 6) is 0.0922. The van der Waals surface area contributed by atoms with E-state index in [1.807, 2.05) is 56.3 Å². The van der Waals surface area contributed by atoms with Crippen molar-refractivity contribution in [3.8, 4) is 28.3 Å². The molecule has 1 aromatic heterocycles. The van der Waals surface area contributed by atoms with Gasteiger partial charge in [0.15, 0.2) is 11.5 Å². The average molecular weight is 501 g/mol. The summed E-state index contributed by atoms with van der Waals surface area (Å²) in [5, 5.41) is 35.0. The van der Waals surface area contributed by atoms with Gasteiger partial charge in [0.2, 0.25) is 0 Å². The molecule has 10 nitrogen and oxygen atoms in total. The largest absolute Gasteiger partial charge is 0.505 e. The van der Waals surface area contributed by atoms with E-state index >= 15 is 0 Å². The van der Waals surface area contributed by atoms with Gasteiger partial charge in [-0.15, -0.1) is 5.10 Å². The minimum absolute atomic E-state index is 0.0658. The molecule has 0 fully saturated rings. The predicted octanol–water partition coefficient (Wildman–Crippen LogP) is 4.70. The number of aromatic hydroxyl groups is 1.